The number of hydrogen-bond acceptors (Lipinski definition) is 3. The number of urea groups is 1. The zero-order valence-electron chi connectivity index (χ0n) is 11.8. The average Bonchev–Trinajstić information content (AvgIpc) is 2.84. The molecule has 2 saturated heterocycles. The number of nitrogens with zero attached hydrogens (tertiary/aromatic N) is 2. The highest BCUT2D eigenvalue weighted by Gasteiger charge is 2.39. The summed E-state index contributed by atoms with van der Waals surface area (Å²) in [7, 11) is 0. The SMILES string of the molecule is O=C1NCCN1CCN1CCNCC12CCCCC2. The van der Waals surface area contributed by atoms with Crippen molar-refractivity contribution in [1.29, 1.82) is 0 Å². The molecule has 1 aliphatic carbocycles. The first-order valence-corrected chi connectivity index (χ1v) is 7.79. The largest absolute Gasteiger partial charge is 0.336 e. The van der Waals surface area contributed by atoms with Gasteiger partial charge in [-0.2, -0.15) is 0 Å². The molecule has 3 aliphatic rings. The number of carbonyl (C=O) groups excluding carboxylic acids is 1. The molecule has 3 fully saturated rings. The minimum absolute atomic E-state index is 0.118. The lowest BCUT2D eigenvalue weighted by Gasteiger charge is -2.50. The third kappa shape index (κ3) is 2.72. The summed E-state index contributed by atoms with van der Waals surface area (Å²) in [4.78, 5) is 16.2. The Kier molecular flexibility index (Phi) is 3.93. The molecule has 1 spiro atoms. The van der Waals surface area contributed by atoms with Crippen molar-refractivity contribution in [2.75, 3.05) is 45.8 Å². The summed E-state index contributed by atoms with van der Waals surface area (Å²) in [6.45, 7) is 6.97. The van der Waals surface area contributed by atoms with Crippen molar-refractivity contribution in [3.8, 4) is 0 Å². The van der Waals surface area contributed by atoms with Gasteiger partial charge in [0.25, 0.3) is 0 Å². The Hall–Kier alpha value is -0.810. The van der Waals surface area contributed by atoms with E-state index in [9.17, 15) is 4.79 Å². The van der Waals surface area contributed by atoms with E-state index in [0.29, 0.717) is 5.54 Å². The van der Waals surface area contributed by atoms with Gasteiger partial charge in [-0.25, -0.2) is 4.79 Å². The molecular formula is C14H26N4O. The van der Waals surface area contributed by atoms with E-state index < -0.39 is 0 Å². The van der Waals surface area contributed by atoms with Gasteiger partial charge in [0.1, 0.15) is 0 Å². The molecule has 0 aromatic rings. The molecule has 0 aromatic carbocycles. The molecule has 108 valence electrons. The van der Waals surface area contributed by atoms with Crippen molar-refractivity contribution >= 4 is 6.03 Å². The summed E-state index contributed by atoms with van der Waals surface area (Å²) in [6, 6.07) is 0.118. The maximum Gasteiger partial charge on any atom is 0.317 e. The maximum atomic E-state index is 11.6. The molecule has 5 heteroatoms. The Morgan fingerprint density at radius 3 is 2.63 bits per heavy atom. The predicted octanol–water partition coefficient (Wildman–Crippen LogP) is 0.620. The Morgan fingerprint density at radius 1 is 1.05 bits per heavy atom. The standard InChI is InChI=1S/C14H26N4O/c19-13-16-7-8-17(13)10-11-18-9-6-15-12-14(18)4-2-1-3-5-14/h15H,1-12H2,(H,16,19). The van der Waals surface area contributed by atoms with Crippen molar-refractivity contribution in [2.45, 2.75) is 37.6 Å². The number of nitrogens with one attached hydrogen (secondary N) is 2. The molecule has 0 aromatic heterocycles. The van der Waals surface area contributed by atoms with Crippen LogP contribution in [0.5, 0.6) is 0 Å². The number of piperazine rings is 1. The molecule has 0 atom stereocenters. The molecule has 0 unspecified atom stereocenters. The van der Waals surface area contributed by atoms with Crippen molar-refractivity contribution < 1.29 is 4.79 Å². The summed E-state index contributed by atoms with van der Waals surface area (Å²) in [5.74, 6) is 0. The quantitative estimate of drug-likeness (QED) is 0.787. The van der Waals surface area contributed by atoms with Crippen molar-refractivity contribution in [1.82, 2.24) is 20.4 Å². The molecular weight excluding hydrogens is 240 g/mol. The van der Waals surface area contributed by atoms with Gasteiger partial charge in [-0.15, -0.1) is 0 Å². The van der Waals surface area contributed by atoms with Crippen LogP contribution in [-0.2, 0) is 0 Å². The Bertz CT molecular complexity index is 319. The average molecular weight is 266 g/mol. The lowest BCUT2D eigenvalue weighted by molar-refractivity contribution is 0.0238. The highest BCUT2D eigenvalue weighted by atomic mass is 16.2. The molecule has 0 radical (unpaired) electrons. The second-order valence-corrected chi connectivity index (χ2v) is 6.17. The molecule has 5 nitrogen and oxygen atoms in total. The number of carbonyl (C=O) groups is 1. The van der Waals surface area contributed by atoms with E-state index >= 15 is 0 Å². The summed E-state index contributed by atoms with van der Waals surface area (Å²) in [6.07, 6.45) is 6.77. The maximum absolute atomic E-state index is 11.6. The van der Waals surface area contributed by atoms with E-state index in [1.54, 1.807) is 0 Å². The summed E-state index contributed by atoms with van der Waals surface area (Å²) >= 11 is 0. The van der Waals surface area contributed by atoms with Gasteiger partial charge in [0, 0.05) is 51.4 Å². The molecule has 2 N–H and O–H groups in total. The Labute approximate surface area is 115 Å². The van der Waals surface area contributed by atoms with Crippen LogP contribution in [0.4, 0.5) is 4.79 Å². The summed E-state index contributed by atoms with van der Waals surface area (Å²) < 4.78 is 0. The fourth-order valence-corrected chi connectivity index (χ4v) is 3.90. The van der Waals surface area contributed by atoms with Crippen molar-refractivity contribution in [2.24, 2.45) is 0 Å². The van der Waals surface area contributed by atoms with Gasteiger partial charge in [-0.05, 0) is 12.8 Å². The third-order valence-electron chi connectivity index (χ3n) is 5.05. The van der Waals surface area contributed by atoms with Crippen LogP contribution in [0.2, 0.25) is 0 Å². The second-order valence-electron chi connectivity index (χ2n) is 6.17. The normalized spacial score (nSPS) is 27.8. The minimum Gasteiger partial charge on any atom is -0.336 e. The smallest absolute Gasteiger partial charge is 0.317 e. The topological polar surface area (TPSA) is 47.6 Å². The molecule has 2 heterocycles. The van der Waals surface area contributed by atoms with Crippen LogP contribution in [0.1, 0.15) is 32.1 Å². The lowest BCUT2D eigenvalue weighted by Crippen LogP contribution is -2.63. The van der Waals surface area contributed by atoms with Crippen molar-refractivity contribution in [3.05, 3.63) is 0 Å². The van der Waals surface area contributed by atoms with E-state index in [2.05, 4.69) is 15.5 Å². The first-order valence-electron chi connectivity index (χ1n) is 7.79. The first-order chi connectivity index (χ1) is 9.30. The Morgan fingerprint density at radius 2 is 1.89 bits per heavy atom. The van der Waals surface area contributed by atoms with Crippen LogP contribution in [0.3, 0.4) is 0 Å². The van der Waals surface area contributed by atoms with Gasteiger partial charge in [-0.3, -0.25) is 4.90 Å². The van der Waals surface area contributed by atoms with Gasteiger partial charge in [-0.1, -0.05) is 19.3 Å². The highest BCUT2D eigenvalue weighted by molar-refractivity contribution is 5.76. The molecule has 19 heavy (non-hydrogen) atoms. The monoisotopic (exact) mass is 266 g/mol. The van der Waals surface area contributed by atoms with Gasteiger partial charge in [0.2, 0.25) is 0 Å². The molecule has 2 aliphatic heterocycles. The van der Waals surface area contributed by atoms with Crippen LogP contribution < -0.4 is 10.6 Å². The zero-order chi connectivity index (χ0) is 13.1. The molecule has 0 bridgehead atoms. The van der Waals surface area contributed by atoms with Gasteiger partial charge < -0.3 is 15.5 Å². The van der Waals surface area contributed by atoms with Gasteiger partial charge in [0.15, 0.2) is 0 Å². The zero-order valence-corrected chi connectivity index (χ0v) is 11.8. The lowest BCUT2D eigenvalue weighted by atomic mass is 9.79. The summed E-state index contributed by atoms with van der Waals surface area (Å²) in [5.41, 5.74) is 0.382. The predicted molar refractivity (Wildman–Crippen MR) is 75.2 cm³/mol. The van der Waals surface area contributed by atoms with Crippen molar-refractivity contribution in [3.63, 3.8) is 0 Å². The van der Waals surface area contributed by atoms with E-state index in [1.165, 1.54) is 32.1 Å². The van der Waals surface area contributed by atoms with Crippen LogP contribution >= 0.6 is 0 Å². The summed E-state index contributed by atoms with van der Waals surface area (Å²) in [5, 5.41) is 6.46. The van der Waals surface area contributed by atoms with E-state index in [0.717, 1.165) is 45.8 Å². The Balaban J connectivity index is 1.59. The number of amides is 2. The first kappa shape index (κ1) is 13.2. The van der Waals surface area contributed by atoms with E-state index in [1.807, 2.05) is 4.90 Å². The number of hydrogen-bond donors (Lipinski definition) is 2. The van der Waals surface area contributed by atoms with Crippen LogP contribution in [0.25, 0.3) is 0 Å². The highest BCUT2D eigenvalue weighted by Crippen LogP contribution is 2.34. The minimum atomic E-state index is 0.118. The second kappa shape index (κ2) is 5.67. The molecule has 1 saturated carbocycles. The third-order valence-corrected chi connectivity index (χ3v) is 5.05. The molecule has 3 rings (SSSR count). The molecule has 2 amide bonds. The van der Waals surface area contributed by atoms with Crippen LogP contribution in [0.15, 0.2) is 0 Å². The number of rotatable bonds is 3. The van der Waals surface area contributed by atoms with E-state index in [-0.39, 0.29) is 6.03 Å². The van der Waals surface area contributed by atoms with Gasteiger partial charge >= 0.3 is 6.03 Å². The van der Waals surface area contributed by atoms with Crippen LogP contribution in [-0.4, -0.2) is 67.2 Å². The van der Waals surface area contributed by atoms with E-state index in [4.69, 9.17) is 0 Å². The van der Waals surface area contributed by atoms with Crippen LogP contribution in [0, 0.1) is 0 Å². The fraction of sp³-hybridized carbons (Fsp3) is 0.929. The fourth-order valence-electron chi connectivity index (χ4n) is 3.90. The van der Waals surface area contributed by atoms with Gasteiger partial charge in [0.05, 0.1) is 0 Å².